The van der Waals surface area contributed by atoms with Crippen molar-refractivity contribution in [3.05, 3.63) is 12.2 Å². The summed E-state index contributed by atoms with van der Waals surface area (Å²) in [5, 5.41) is 1.60. The average molecular weight is 236 g/mol. The van der Waals surface area contributed by atoms with Crippen LogP contribution in [0.1, 0.15) is 39.5 Å². The van der Waals surface area contributed by atoms with Gasteiger partial charge in [0.05, 0.1) is 6.04 Å². The summed E-state index contributed by atoms with van der Waals surface area (Å²) in [6.07, 6.45) is 8.57. The molecule has 4 aliphatic rings. The van der Waals surface area contributed by atoms with Crippen LogP contribution in [-0.2, 0) is 4.84 Å². The summed E-state index contributed by atoms with van der Waals surface area (Å²) in [6, 6.07) is 0.880. The smallest absolute Gasteiger partial charge is 0.317 e. The fraction of sp³-hybridized carbons (Fsp3) is 0.769. The number of carbonyl (C=O) groups excluding carboxylic acids is 1. The number of rotatable bonds is 0. The summed E-state index contributed by atoms with van der Waals surface area (Å²) in [7, 11) is 0. The first kappa shape index (κ1) is 11.1. The molecule has 0 unspecified atom stereocenters. The van der Waals surface area contributed by atoms with Crippen molar-refractivity contribution in [2.45, 2.75) is 63.8 Å². The highest BCUT2D eigenvalue weighted by Gasteiger charge is 2.40. The Balaban J connectivity index is 1.76. The second kappa shape index (κ2) is 4.02. The number of hydrogen-bond acceptors (Lipinski definition) is 2. The summed E-state index contributed by atoms with van der Waals surface area (Å²) >= 11 is 0. The van der Waals surface area contributed by atoms with Gasteiger partial charge < -0.3 is 4.90 Å². The van der Waals surface area contributed by atoms with E-state index in [-0.39, 0.29) is 18.2 Å². The molecule has 2 amide bonds. The van der Waals surface area contributed by atoms with Crippen molar-refractivity contribution in [2.75, 3.05) is 0 Å². The maximum Gasteiger partial charge on any atom is 0.345 e. The van der Waals surface area contributed by atoms with E-state index in [4.69, 9.17) is 4.84 Å². The van der Waals surface area contributed by atoms with E-state index in [0.29, 0.717) is 12.1 Å². The fourth-order valence-corrected chi connectivity index (χ4v) is 3.16. The zero-order chi connectivity index (χ0) is 12.0. The molecule has 3 heterocycles. The number of hydrogen-bond donors (Lipinski definition) is 0. The Morgan fingerprint density at radius 1 is 1.12 bits per heavy atom. The highest BCUT2D eigenvalue weighted by Crippen LogP contribution is 2.31. The van der Waals surface area contributed by atoms with E-state index in [0.717, 1.165) is 25.7 Å². The van der Waals surface area contributed by atoms with Gasteiger partial charge in [0.15, 0.2) is 0 Å². The second-order valence-corrected chi connectivity index (χ2v) is 5.46. The topological polar surface area (TPSA) is 32.8 Å². The van der Waals surface area contributed by atoms with Crippen molar-refractivity contribution in [1.29, 1.82) is 0 Å². The lowest BCUT2D eigenvalue weighted by atomic mass is 9.98. The fourth-order valence-electron chi connectivity index (χ4n) is 3.16. The highest BCUT2D eigenvalue weighted by molar-refractivity contribution is 5.75. The predicted molar refractivity (Wildman–Crippen MR) is 64.3 cm³/mol. The number of amides is 2. The molecule has 2 fully saturated rings. The summed E-state index contributed by atoms with van der Waals surface area (Å²) in [6.45, 7) is 4.25. The van der Waals surface area contributed by atoms with E-state index in [9.17, 15) is 4.79 Å². The molecule has 17 heavy (non-hydrogen) atoms. The van der Waals surface area contributed by atoms with Gasteiger partial charge in [-0.15, -0.1) is 0 Å². The van der Waals surface area contributed by atoms with Crippen molar-refractivity contribution >= 4 is 6.03 Å². The Morgan fingerprint density at radius 2 is 1.82 bits per heavy atom. The first-order chi connectivity index (χ1) is 8.16. The third-order valence-electron chi connectivity index (χ3n) is 4.21. The molecule has 4 atom stereocenters. The molecule has 4 heteroatoms. The number of urea groups is 1. The maximum atomic E-state index is 12.5. The van der Waals surface area contributed by atoms with E-state index < -0.39 is 0 Å². The lowest BCUT2D eigenvalue weighted by Crippen LogP contribution is -2.55. The van der Waals surface area contributed by atoms with E-state index in [1.165, 1.54) is 0 Å². The predicted octanol–water partition coefficient (Wildman–Crippen LogP) is 2.31. The number of fused-ring (bicyclic) bond motifs is 2. The first-order valence-corrected chi connectivity index (χ1v) is 6.63. The van der Waals surface area contributed by atoms with Gasteiger partial charge in [0, 0.05) is 12.1 Å². The Bertz CT molecular complexity index is 345. The number of nitrogens with zero attached hydrogens (tertiary/aromatic N) is 2. The summed E-state index contributed by atoms with van der Waals surface area (Å²) < 4.78 is 0. The lowest BCUT2D eigenvalue weighted by Gasteiger charge is -2.43. The monoisotopic (exact) mass is 236 g/mol. The Labute approximate surface area is 102 Å². The molecule has 0 aromatic carbocycles. The molecule has 0 spiro atoms. The Hall–Kier alpha value is -1.03. The molecule has 0 aromatic rings. The van der Waals surface area contributed by atoms with Crippen LogP contribution in [0.15, 0.2) is 12.2 Å². The van der Waals surface area contributed by atoms with Gasteiger partial charge in [-0.1, -0.05) is 12.2 Å². The van der Waals surface area contributed by atoms with Crippen molar-refractivity contribution < 1.29 is 9.63 Å². The molecule has 4 rings (SSSR count). The number of carbonyl (C=O) groups is 1. The molecule has 0 N–H and O–H groups in total. The standard InChI is InChI=1S/C13H20N2O2/c1-9-3-4-10(2)14(9)13(16)15-11-5-7-12(17-15)8-6-11/h5,7,9-12H,3-4,6,8H2,1-2H3/t9-,10-,11-,12+/m1/s1. The number of hydroxylamine groups is 2. The van der Waals surface area contributed by atoms with Crippen LogP contribution >= 0.6 is 0 Å². The third kappa shape index (κ3) is 1.75. The largest absolute Gasteiger partial charge is 0.345 e. The molecule has 2 saturated heterocycles. The summed E-state index contributed by atoms with van der Waals surface area (Å²) in [5.41, 5.74) is 0. The number of likely N-dealkylation sites (tertiary alicyclic amines) is 1. The molecule has 0 saturated carbocycles. The van der Waals surface area contributed by atoms with Gasteiger partial charge in [0.25, 0.3) is 0 Å². The summed E-state index contributed by atoms with van der Waals surface area (Å²) in [4.78, 5) is 20.2. The van der Waals surface area contributed by atoms with Crippen LogP contribution in [0.5, 0.6) is 0 Å². The zero-order valence-corrected chi connectivity index (χ0v) is 10.5. The van der Waals surface area contributed by atoms with E-state index in [1.54, 1.807) is 5.06 Å². The SMILES string of the molecule is C[C@@H]1CC[C@@H](C)N1C(=O)N1O[C@H]2C=C[C@@H]1CC2. The molecule has 0 radical (unpaired) electrons. The van der Waals surface area contributed by atoms with Gasteiger partial charge in [0.1, 0.15) is 6.10 Å². The first-order valence-electron chi connectivity index (χ1n) is 6.63. The minimum absolute atomic E-state index is 0.0570. The van der Waals surface area contributed by atoms with Crippen LogP contribution in [0.4, 0.5) is 4.79 Å². The summed E-state index contributed by atoms with van der Waals surface area (Å²) in [5.74, 6) is 0. The minimum Gasteiger partial charge on any atom is -0.317 e. The van der Waals surface area contributed by atoms with E-state index in [2.05, 4.69) is 26.0 Å². The van der Waals surface area contributed by atoms with E-state index in [1.807, 2.05) is 4.90 Å². The van der Waals surface area contributed by atoms with Crippen molar-refractivity contribution in [3.63, 3.8) is 0 Å². The molecule has 2 bridgehead atoms. The van der Waals surface area contributed by atoms with Crippen molar-refractivity contribution in [2.24, 2.45) is 0 Å². The zero-order valence-electron chi connectivity index (χ0n) is 10.5. The van der Waals surface area contributed by atoms with Crippen LogP contribution < -0.4 is 0 Å². The average Bonchev–Trinajstić information content (AvgIpc) is 2.70. The van der Waals surface area contributed by atoms with Gasteiger partial charge in [-0.25, -0.2) is 4.79 Å². The van der Waals surface area contributed by atoms with Gasteiger partial charge in [-0.2, -0.15) is 5.06 Å². The molecule has 4 nitrogen and oxygen atoms in total. The molecular formula is C13H20N2O2. The molecule has 0 aromatic heterocycles. The van der Waals surface area contributed by atoms with Crippen LogP contribution in [0.25, 0.3) is 0 Å². The molecule has 94 valence electrons. The molecule has 1 aliphatic carbocycles. The van der Waals surface area contributed by atoms with Crippen molar-refractivity contribution in [1.82, 2.24) is 9.96 Å². The maximum absolute atomic E-state index is 12.5. The van der Waals surface area contributed by atoms with Gasteiger partial charge in [-0.05, 0) is 39.5 Å². The van der Waals surface area contributed by atoms with Crippen LogP contribution in [0.3, 0.4) is 0 Å². The van der Waals surface area contributed by atoms with Crippen molar-refractivity contribution in [3.8, 4) is 0 Å². The van der Waals surface area contributed by atoms with Crippen LogP contribution in [-0.4, -0.2) is 40.2 Å². The minimum atomic E-state index is 0.0570. The van der Waals surface area contributed by atoms with Gasteiger partial charge in [0.2, 0.25) is 0 Å². The van der Waals surface area contributed by atoms with Crippen LogP contribution in [0, 0.1) is 0 Å². The van der Waals surface area contributed by atoms with Gasteiger partial charge >= 0.3 is 6.03 Å². The van der Waals surface area contributed by atoms with Gasteiger partial charge in [-0.3, -0.25) is 4.84 Å². The Kier molecular flexibility index (Phi) is 2.62. The molecule has 3 aliphatic heterocycles. The van der Waals surface area contributed by atoms with Crippen LogP contribution in [0.2, 0.25) is 0 Å². The normalized spacial score (nSPS) is 40.1. The highest BCUT2D eigenvalue weighted by atomic mass is 16.7. The lowest BCUT2D eigenvalue weighted by molar-refractivity contribution is -0.202. The second-order valence-electron chi connectivity index (χ2n) is 5.46. The Morgan fingerprint density at radius 3 is 2.29 bits per heavy atom. The molecular weight excluding hydrogens is 216 g/mol. The third-order valence-corrected chi connectivity index (χ3v) is 4.21. The van der Waals surface area contributed by atoms with E-state index >= 15 is 0 Å². The quantitative estimate of drug-likeness (QED) is 0.605.